The molecule has 0 aliphatic rings. The van der Waals surface area contributed by atoms with E-state index in [9.17, 15) is 13.8 Å². The van der Waals surface area contributed by atoms with Crippen LogP contribution in [0.2, 0.25) is 0 Å². The first-order valence-corrected chi connectivity index (χ1v) is 7.67. The number of carbonyl (C=O) groups excluding carboxylic acids is 1. The summed E-state index contributed by atoms with van der Waals surface area (Å²) < 4.78 is 10.8. The topological polar surface area (TPSA) is 83.5 Å². The van der Waals surface area contributed by atoms with Crippen molar-refractivity contribution >= 4 is 40.1 Å². The SMILES string of the molecule is CS(=O)CCNC(=O)c1csc(/C=C/C(=O)O)c1. The van der Waals surface area contributed by atoms with Crippen molar-refractivity contribution < 1.29 is 18.9 Å². The maximum absolute atomic E-state index is 11.6. The van der Waals surface area contributed by atoms with Gasteiger partial charge in [0, 0.05) is 45.7 Å². The smallest absolute Gasteiger partial charge is 0.328 e. The van der Waals surface area contributed by atoms with Gasteiger partial charge >= 0.3 is 5.97 Å². The van der Waals surface area contributed by atoms with Gasteiger partial charge < -0.3 is 10.4 Å². The zero-order valence-corrected chi connectivity index (χ0v) is 11.3. The third-order valence-electron chi connectivity index (χ3n) is 1.95. The van der Waals surface area contributed by atoms with E-state index in [1.165, 1.54) is 17.4 Å². The molecule has 1 aromatic heterocycles. The van der Waals surface area contributed by atoms with Crippen LogP contribution in [0.1, 0.15) is 15.2 Å². The lowest BCUT2D eigenvalue weighted by atomic mass is 10.3. The molecule has 1 atom stereocenters. The van der Waals surface area contributed by atoms with E-state index in [-0.39, 0.29) is 5.91 Å². The molecule has 98 valence electrons. The van der Waals surface area contributed by atoms with E-state index in [1.54, 1.807) is 17.7 Å². The molecule has 1 heterocycles. The highest BCUT2D eigenvalue weighted by Gasteiger charge is 2.07. The van der Waals surface area contributed by atoms with E-state index >= 15 is 0 Å². The van der Waals surface area contributed by atoms with Gasteiger partial charge in [0.2, 0.25) is 0 Å². The molecule has 0 saturated heterocycles. The van der Waals surface area contributed by atoms with Crippen molar-refractivity contribution in [2.45, 2.75) is 0 Å². The fourth-order valence-electron chi connectivity index (χ4n) is 1.12. The van der Waals surface area contributed by atoms with Crippen LogP contribution in [0.15, 0.2) is 17.5 Å². The van der Waals surface area contributed by atoms with Gasteiger partial charge in [0.05, 0.1) is 5.56 Å². The molecule has 0 aliphatic carbocycles. The predicted molar refractivity (Wildman–Crippen MR) is 72.3 cm³/mol. The molecule has 0 bridgehead atoms. The zero-order chi connectivity index (χ0) is 13.5. The third kappa shape index (κ3) is 5.24. The summed E-state index contributed by atoms with van der Waals surface area (Å²) in [4.78, 5) is 22.7. The Morgan fingerprint density at radius 1 is 1.56 bits per heavy atom. The Balaban J connectivity index is 2.54. The molecule has 1 amide bonds. The second-order valence-electron chi connectivity index (χ2n) is 3.44. The number of thiophene rings is 1. The first-order chi connectivity index (χ1) is 8.49. The van der Waals surface area contributed by atoms with Crippen LogP contribution in [0.3, 0.4) is 0 Å². The largest absolute Gasteiger partial charge is 0.478 e. The number of hydrogen-bond acceptors (Lipinski definition) is 4. The summed E-state index contributed by atoms with van der Waals surface area (Å²) in [5.74, 6) is -0.853. The van der Waals surface area contributed by atoms with E-state index in [4.69, 9.17) is 5.11 Å². The molecule has 18 heavy (non-hydrogen) atoms. The Morgan fingerprint density at radius 3 is 2.89 bits per heavy atom. The Morgan fingerprint density at radius 2 is 2.28 bits per heavy atom. The zero-order valence-electron chi connectivity index (χ0n) is 9.71. The van der Waals surface area contributed by atoms with Crippen LogP contribution in [0.25, 0.3) is 6.08 Å². The molecule has 0 radical (unpaired) electrons. The van der Waals surface area contributed by atoms with Crippen molar-refractivity contribution in [2.24, 2.45) is 0 Å². The number of hydrogen-bond donors (Lipinski definition) is 2. The Labute approximate surface area is 111 Å². The molecule has 0 saturated carbocycles. The number of amides is 1. The van der Waals surface area contributed by atoms with Gasteiger partial charge in [0.25, 0.3) is 5.91 Å². The van der Waals surface area contributed by atoms with Crippen molar-refractivity contribution in [1.82, 2.24) is 5.32 Å². The molecule has 0 fully saturated rings. The van der Waals surface area contributed by atoms with Gasteiger partial charge in [-0.05, 0) is 12.1 Å². The molecule has 1 unspecified atom stereocenters. The highest BCUT2D eigenvalue weighted by atomic mass is 32.2. The Kier molecular flexibility index (Phi) is 5.73. The van der Waals surface area contributed by atoms with Crippen LogP contribution in [-0.4, -0.2) is 39.7 Å². The van der Waals surface area contributed by atoms with E-state index < -0.39 is 16.8 Å². The summed E-state index contributed by atoms with van der Waals surface area (Å²) >= 11 is 1.29. The summed E-state index contributed by atoms with van der Waals surface area (Å²) in [5, 5.41) is 12.8. The molecule has 1 rings (SSSR count). The lowest BCUT2D eigenvalue weighted by Crippen LogP contribution is -2.27. The average molecular weight is 287 g/mol. The van der Waals surface area contributed by atoms with Crippen molar-refractivity contribution in [3.63, 3.8) is 0 Å². The molecule has 7 heteroatoms. The molecule has 5 nitrogen and oxygen atoms in total. The molecule has 0 aromatic carbocycles. The van der Waals surface area contributed by atoms with Crippen LogP contribution >= 0.6 is 11.3 Å². The van der Waals surface area contributed by atoms with Gasteiger partial charge in [-0.2, -0.15) is 0 Å². The summed E-state index contributed by atoms with van der Waals surface area (Å²) in [6, 6.07) is 1.61. The summed E-state index contributed by atoms with van der Waals surface area (Å²) in [7, 11) is -0.930. The maximum Gasteiger partial charge on any atom is 0.328 e. The number of rotatable bonds is 6. The van der Waals surface area contributed by atoms with Gasteiger partial charge in [-0.1, -0.05) is 0 Å². The van der Waals surface area contributed by atoms with Crippen molar-refractivity contribution in [1.29, 1.82) is 0 Å². The second-order valence-corrected chi connectivity index (χ2v) is 5.94. The summed E-state index contributed by atoms with van der Waals surface area (Å²) in [6.45, 7) is 0.359. The van der Waals surface area contributed by atoms with Crippen molar-refractivity contribution in [3.8, 4) is 0 Å². The standard InChI is InChI=1S/C11H13NO4S2/c1-18(16)5-4-12-11(15)8-6-9(17-7-8)2-3-10(13)14/h2-3,6-7H,4-5H2,1H3,(H,12,15)(H,13,14)/b3-2+. The van der Waals surface area contributed by atoms with E-state index in [1.807, 2.05) is 0 Å². The summed E-state index contributed by atoms with van der Waals surface area (Å²) in [5.41, 5.74) is 0.479. The molecule has 0 spiro atoms. The predicted octanol–water partition coefficient (Wildman–Crippen LogP) is 0.954. The Hall–Kier alpha value is -1.47. The van der Waals surface area contributed by atoms with Crippen molar-refractivity contribution in [3.05, 3.63) is 28.0 Å². The number of aliphatic carboxylic acids is 1. The highest BCUT2D eigenvalue weighted by molar-refractivity contribution is 7.84. The van der Waals surface area contributed by atoms with Gasteiger partial charge in [-0.15, -0.1) is 11.3 Å². The highest BCUT2D eigenvalue weighted by Crippen LogP contribution is 2.16. The minimum Gasteiger partial charge on any atom is -0.478 e. The lowest BCUT2D eigenvalue weighted by molar-refractivity contribution is -0.131. The first-order valence-electron chi connectivity index (χ1n) is 5.07. The van der Waals surface area contributed by atoms with Crippen LogP contribution < -0.4 is 5.32 Å². The van der Waals surface area contributed by atoms with Crippen molar-refractivity contribution in [2.75, 3.05) is 18.6 Å². The quantitative estimate of drug-likeness (QED) is 0.763. The number of nitrogens with one attached hydrogen (secondary N) is 1. The summed E-state index contributed by atoms with van der Waals surface area (Å²) in [6.07, 6.45) is 4.03. The maximum atomic E-state index is 11.6. The number of carbonyl (C=O) groups is 2. The first kappa shape index (κ1) is 14.6. The van der Waals surface area contributed by atoms with Gasteiger partial charge in [-0.3, -0.25) is 9.00 Å². The van der Waals surface area contributed by atoms with Crippen LogP contribution in [0.5, 0.6) is 0 Å². The average Bonchev–Trinajstić information content (AvgIpc) is 2.74. The van der Waals surface area contributed by atoms with E-state index in [2.05, 4.69) is 5.32 Å². The molecule has 2 N–H and O–H groups in total. The van der Waals surface area contributed by atoms with E-state index in [0.29, 0.717) is 22.7 Å². The fourth-order valence-corrected chi connectivity index (χ4v) is 2.29. The fraction of sp³-hybridized carbons (Fsp3) is 0.273. The van der Waals surface area contributed by atoms with Crippen LogP contribution in [0.4, 0.5) is 0 Å². The van der Waals surface area contributed by atoms with Gasteiger partial charge in [-0.25, -0.2) is 4.79 Å². The minimum atomic E-state index is -1.03. The van der Waals surface area contributed by atoms with Crippen LogP contribution in [0, 0.1) is 0 Å². The normalized spacial score (nSPS) is 12.5. The molecular weight excluding hydrogens is 274 g/mol. The molecular formula is C11H13NO4S2. The molecule has 1 aromatic rings. The van der Waals surface area contributed by atoms with Gasteiger partial charge in [0.1, 0.15) is 0 Å². The van der Waals surface area contributed by atoms with Crippen LogP contribution in [-0.2, 0) is 15.6 Å². The lowest BCUT2D eigenvalue weighted by Gasteiger charge is -2.01. The van der Waals surface area contributed by atoms with E-state index in [0.717, 1.165) is 6.08 Å². The Bertz CT molecular complexity index is 493. The minimum absolute atomic E-state index is 0.244. The number of carboxylic acid groups (broad SMARTS) is 1. The third-order valence-corrected chi connectivity index (χ3v) is 3.62. The number of carboxylic acids is 1. The molecule has 0 aliphatic heterocycles. The van der Waals surface area contributed by atoms with Gasteiger partial charge in [0.15, 0.2) is 0 Å². The second kappa shape index (κ2) is 7.07. The monoisotopic (exact) mass is 287 g/mol.